The summed E-state index contributed by atoms with van der Waals surface area (Å²) in [5.74, 6) is 2.01. The summed E-state index contributed by atoms with van der Waals surface area (Å²) in [5.41, 5.74) is 5.34. The minimum atomic E-state index is 0.167. The number of nitrogens with zero attached hydrogens (tertiary/aromatic N) is 1. The van der Waals surface area contributed by atoms with Crippen LogP contribution in [0.4, 0.5) is 0 Å². The Morgan fingerprint density at radius 1 is 1.00 bits per heavy atom. The molecule has 5 nitrogen and oxygen atoms in total. The topological polar surface area (TPSA) is 51.2 Å². The quantitative estimate of drug-likeness (QED) is 0.929. The number of hydrogen-bond acceptors (Lipinski definition) is 5. The van der Waals surface area contributed by atoms with Crippen LogP contribution < -0.4 is 14.2 Å². The lowest BCUT2D eigenvalue weighted by molar-refractivity contribution is 0.226. The van der Waals surface area contributed by atoms with Crippen molar-refractivity contribution in [3.05, 3.63) is 34.9 Å². The first-order chi connectivity index (χ1) is 12.1. The Morgan fingerprint density at radius 2 is 1.76 bits per heavy atom. The van der Waals surface area contributed by atoms with Crippen LogP contribution in [0.5, 0.6) is 23.0 Å². The second-order valence-corrected chi connectivity index (χ2v) is 6.66. The molecular weight excluding hydrogens is 318 g/mol. The first-order valence-corrected chi connectivity index (χ1v) is 8.47. The van der Waals surface area contributed by atoms with Gasteiger partial charge in [0.1, 0.15) is 0 Å². The number of fused-ring (bicyclic) bond motifs is 2. The normalized spacial score (nSPS) is 18.3. The van der Waals surface area contributed by atoms with Crippen molar-refractivity contribution < 1.29 is 19.3 Å². The van der Waals surface area contributed by atoms with E-state index < -0.39 is 0 Å². The SMILES string of the molecule is COc1ccc2c(c1O)-c1c(OC)c(OC)cc3c1[C@@H](C2)N(C)CC3. The molecule has 2 aromatic carbocycles. The standard InChI is InChI=1S/C20H23NO4/c1-21-8-7-12-10-15(24-3)20(25-4)18-16(12)13(21)9-11-5-6-14(23-2)19(22)17(11)18/h5-6,10,13,22H,7-9H2,1-4H3/t13-/m1/s1. The van der Waals surface area contributed by atoms with E-state index in [0.29, 0.717) is 17.2 Å². The Hall–Kier alpha value is -2.40. The van der Waals surface area contributed by atoms with Crippen LogP contribution in [0.1, 0.15) is 22.7 Å². The maximum atomic E-state index is 10.9. The van der Waals surface area contributed by atoms with Gasteiger partial charge in [0.05, 0.1) is 21.3 Å². The van der Waals surface area contributed by atoms with Crippen molar-refractivity contribution in [3.8, 4) is 34.1 Å². The van der Waals surface area contributed by atoms with Crippen molar-refractivity contribution >= 4 is 0 Å². The van der Waals surface area contributed by atoms with E-state index >= 15 is 0 Å². The number of phenols is 1. The lowest BCUT2D eigenvalue weighted by Crippen LogP contribution is -2.35. The molecule has 1 aliphatic heterocycles. The molecule has 1 atom stereocenters. The molecular formula is C20H23NO4. The van der Waals surface area contributed by atoms with Gasteiger partial charge in [-0.1, -0.05) is 6.07 Å². The molecule has 0 radical (unpaired) electrons. The lowest BCUT2D eigenvalue weighted by atomic mass is 9.76. The predicted octanol–water partition coefficient (Wildman–Crippen LogP) is 3.17. The van der Waals surface area contributed by atoms with Crippen LogP contribution in [0.25, 0.3) is 11.1 Å². The molecule has 0 saturated carbocycles. The molecule has 0 saturated heterocycles. The highest BCUT2D eigenvalue weighted by molar-refractivity contribution is 5.88. The van der Waals surface area contributed by atoms with E-state index in [2.05, 4.69) is 18.0 Å². The summed E-state index contributed by atoms with van der Waals surface area (Å²) in [4.78, 5) is 2.38. The zero-order valence-corrected chi connectivity index (χ0v) is 15.0. The molecule has 2 aliphatic rings. The van der Waals surface area contributed by atoms with Gasteiger partial charge >= 0.3 is 0 Å². The van der Waals surface area contributed by atoms with Crippen molar-refractivity contribution in [1.82, 2.24) is 4.90 Å². The van der Waals surface area contributed by atoms with E-state index in [1.165, 1.54) is 11.1 Å². The summed E-state index contributed by atoms with van der Waals surface area (Å²) in [7, 11) is 7.02. The highest BCUT2D eigenvalue weighted by Gasteiger charge is 2.38. The van der Waals surface area contributed by atoms with Crippen molar-refractivity contribution in [1.29, 1.82) is 0 Å². The van der Waals surface area contributed by atoms with E-state index in [-0.39, 0.29) is 11.8 Å². The Morgan fingerprint density at radius 3 is 2.44 bits per heavy atom. The average Bonchev–Trinajstić information content (AvgIpc) is 2.63. The van der Waals surface area contributed by atoms with Gasteiger partial charge in [-0.15, -0.1) is 0 Å². The molecule has 0 aromatic heterocycles. The van der Waals surface area contributed by atoms with Crippen LogP contribution in [0.2, 0.25) is 0 Å². The fourth-order valence-electron chi connectivity index (χ4n) is 4.26. The third-order valence-corrected chi connectivity index (χ3v) is 5.51. The van der Waals surface area contributed by atoms with Crippen LogP contribution in [-0.4, -0.2) is 44.9 Å². The number of aromatic hydroxyl groups is 1. The van der Waals surface area contributed by atoms with Gasteiger partial charge in [-0.2, -0.15) is 0 Å². The van der Waals surface area contributed by atoms with Crippen LogP contribution >= 0.6 is 0 Å². The van der Waals surface area contributed by atoms with Crippen LogP contribution in [-0.2, 0) is 12.8 Å². The fraction of sp³-hybridized carbons (Fsp3) is 0.400. The molecule has 0 unspecified atom stereocenters. The Balaban J connectivity index is 2.11. The molecule has 5 heteroatoms. The number of rotatable bonds is 3. The number of ether oxygens (including phenoxy) is 3. The highest BCUT2D eigenvalue weighted by atomic mass is 16.5. The number of methoxy groups -OCH3 is 3. The first kappa shape index (κ1) is 16.1. The first-order valence-electron chi connectivity index (χ1n) is 8.47. The van der Waals surface area contributed by atoms with E-state index in [1.54, 1.807) is 21.3 Å². The van der Waals surface area contributed by atoms with Gasteiger partial charge < -0.3 is 19.3 Å². The summed E-state index contributed by atoms with van der Waals surface area (Å²) in [6, 6.07) is 6.23. The van der Waals surface area contributed by atoms with Crippen LogP contribution in [0.15, 0.2) is 18.2 Å². The summed E-state index contributed by atoms with van der Waals surface area (Å²) >= 11 is 0. The molecule has 1 aliphatic carbocycles. The number of likely N-dealkylation sites (N-methyl/N-ethyl adjacent to an activating group) is 1. The van der Waals surface area contributed by atoms with Gasteiger partial charge in [0.15, 0.2) is 23.0 Å². The van der Waals surface area contributed by atoms with E-state index in [0.717, 1.165) is 36.1 Å². The molecule has 1 heterocycles. The second kappa shape index (κ2) is 5.85. The molecule has 0 spiro atoms. The average molecular weight is 341 g/mol. The Kier molecular flexibility index (Phi) is 3.76. The Bertz CT molecular complexity index is 846. The zero-order valence-electron chi connectivity index (χ0n) is 15.0. The second-order valence-electron chi connectivity index (χ2n) is 6.66. The number of benzene rings is 2. The molecule has 132 valence electrons. The summed E-state index contributed by atoms with van der Waals surface area (Å²) < 4.78 is 16.7. The van der Waals surface area contributed by atoms with Crippen molar-refractivity contribution in [2.75, 3.05) is 34.9 Å². The molecule has 0 fully saturated rings. The third kappa shape index (κ3) is 2.19. The molecule has 2 aromatic rings. The molecule has 25 heavy (non-hydrogen) atoms. The summed E-state index contributed by atoms with van der Waals surface area (Å²) in [5, 5.41) is 10.9. The molecule has 0 bridgehead atoms. The van der Waals surface area contributed by atoms with Crippen molar-refractivity contribution in [2.24, 2.45) is 0 Å². The van der Waals surface area contributed by atoms with Gasteiger partial charge in [0, 0.05) is 23.7 Å². The van der Waals surface area contributed by atoms with Gasteiger partial charge in [0.25, 0.3) is 0 Å². The minimum Gasteiger partial charge on any atom is -0.504 e. The van der Waals surface area contributed by atoms with Crippen LogP contribution in [0, 0.1) is 0 Å². The number of phenolic OH excluding ortho intramolecular Hbond substituents is 1. The van der Waals surface area contributed by atoms with Crippen molar-refractivity contribution in [2.45, 2.75) is 18.9 Å². The lowest BCUT2D eigenvalue weighted by Gasteiger charge is -2.40. The van der Waals surface area contributed by atoms with Gasteiger partial charge in [-0.3, -0.25) is 4.90 Å². The largest absolute Gasteiger partial charge is 0.504 e. The van der Waals surface area contributed by atoms with Crippen LogP contribution in [0.3, 0.4) is 0 Å². The Labute approximate surface area is 147 Å². The molecule has 1 N–H and O–H groups in total. The number of hydrogen-bond donors (Lipinski definition) is 1. The maximum absolute atomic E-state index is 10.9. The van der Waals surface area contributed by atoms with Gasteiger partial charge in [-0.05, 0) is 48.7 Å². The van der Waals surface area contributed by atoms with E-state index in [9.17, 15) is 5.11 Å². The van der Waals surface area contributed by atoms with Gasteiger partial charge in [0.2, 0.25) is 0 Å². The zero-order chi connectivity index (χ0) is 17.7. The van der Waals surface area contributed by atoms with E-state index in [4.69, 9.17) is 14.2 Å². The fourth-order valence-corrected chi connectivity index (χ4v) is 4.26. The highest BCUT2D eigenvalue weighted by Crippen LogP contribution is 2.55. The molecule has 4 rings (SSSR count). The van der Waals surface area contributed by atoms with Gasteiger partial charge in [-0.25, -0.2) is 0 Å². The van der Waals surface area contributed by atoms with Crippen molar-refractivity contribution in [3.63, 3.8) is 0 Å². The monoisotopic (exact) mass is 341 g/mol. The van der Waals surface area contributed by atoms with E-state index in [1.807, 2.05) is 12.1 Å². The minimum absolute atomic E-state index is 0.167. The summed E-state index contributed by atoms with van der Waals surface area (Å²) in [6.07, 6.45) is 1.81. The summed E-state index contributed by atoms with van der Waals surface area (Å²) in [6.45, 7) is 1.00. The predicted molar refractivity (Wildman–Crippen MR) is 96.0 cm³/mol. The third-order valence-electron chi connectivity index (χ3n) is 5.51. The maximum Gasteiger partial charge on any atom is 0.169 e. The molecule has 0 amide bonds. The smallest absolute Gasteiger partial charge is 0.169 e.